The van der Waals surface area contributed by atoms with Crippen LogP contribution in [0.4, 0.5) is 0 Å². The van der Waals surface area contributed by atoms with E-state index >= 15 is 0 Å². The third-order valence-corrected chi connectivity index (χ3v) is 3.16. The van der Waals surface area contributed by atoms with Crippen molar-refractivity contribution >= 4 is 11.6 Å². The van der Waals surface area contributed by atoms with Crippen LogP contribution in [-0.2, 0) is 5.41 Å². The molecule has 4 N–H and O–H groups in total. The van der Waals surface area contributed by atoms with Crippen molar-refractivity contribution in [3.05, 3.63) is 28.3 Å². The molecule has 1 atom stereocenters. The van der Waals surface area contributed by atoms with E-state index in [2.05, 4.69) is 26.8 Å². The molecule has 1 rings (SSSR count). The molecule has 18 heavy (non-hydrogen) atoms. The summed E-state index contributed by atoms with van der Waals surface area (Å²) in [5.41, 5.74) is 13.7. The fourth-order valence-corrected chi connectivity index (χ4v) is 2.03. The SMILES string of the molecule is CCOc1c(Cl)cc(C(C)(C)C)cc1C(N)CN. The van der Waals surface area contributed by atoms with Gasteiger partial charge in [-0.2, -0.15) is 0 Å². The van der Waals surface area contributed by atoms with Crippen molar-refractivity contribution in [3.63, 3.8) is 0 Å². The van der Waals surface area contributed by atoms with Crippen molar-refractivity contribution in [2.45, 2.75) is 39.2 Å². The van der Waals surface area contributed by atoms with Gasteiger partial charge in [0, 0.05) is 18.2 Å². The standard InChI is InChI=1S/C14H23ClN2O/c1-5-18-13-10(12(17)8-16)6-9(7-11(13)15)14(2,3)4/h6-7,12H,5,8,16-17H2,1-4H3. The fourth-order valence-electron chi connectivity index (χ4n) is 1.75. The molecule has 102 valence electrons. The predicted molar refractivity (Wildman–Crippen MR) is 77.3 cm³/mol. The molecule has 0 saturated heterocycles. The quantitative estimate of drug-likeness (QED) is 0.884. The Kier molecular flexibility index (Phi) is 5.02. The highest BCUT2D eigenvalue weighted by Crippen LogP contribution is 2.37. The molecule has 0 spiro atoms. The van der Waals surface area contributed by atoms with E-state index in [0.29, 0.717) is 23.9 Å². The van der Waals surface area contributed by atoms with Gasteiger partial charge in [0.2, 0.25) is 0 Å². The van der Waals surface area contributed by atoms with E-state index in [-0.39, 0.29) is 11.5 Å². The lowest BCUT2D eigenvalue weighted by Gasteiger charge is -2.24. The lowest BCUT2D eigenvalue weighted by molar-refractivity contribution is 0.334. The van der Waals surface area contributed by atoms with Gasteiger partial charge in [0.05, 0.1) is 11.6 Å². The number of nitrogens with two attached hydrogens (primary N) is 2. The van der Waals surface area contributed by atoms with Crippen LogP contribution in [0.2, 0.25) is 5.02 Å². The molecule has 0 amide bonds. The van der Waals surface area contributed by atoms with Gasteiger partial charge in [-0.3, -0.25) is 0 Å². The van der Waals surface area contributed by atoms with Crippen LogP contribution in [0.1, 0.15) is 44.9 Å². The Bertz CT molecular complexity index is 413. The normalized spacial score (nSPS) is 13.5. The van der Waals surface area contributed by atoms with Crippen LogP contribution in [0.5, 0.6) is 5.75 Å². The van der Waals surface area contributed by atoms with Gasteiger partial charge in [-0.25, -0.2) is 0 Å². The molecule has 0 fully saturated rings. The summed E-state index contributed by atoms with van der Waals surface area (Å²) in [6.45, 7) is 9.25. The van der Waals surface area contributed by atoms with E-state index in [0.717, 1.165) is 11.1 Å². The molecule has 0 saturated carbocycles. The summed E-state index contributed by atoms with van der Waals surface area (Å²) < 4.78 is 5.59. The van der Waals surface area contributed by atoms with Crippen LogP contribution >= 0.6 is 11.6 Å². The molecule has 0 aliphatic heterocycles. The third kappa shape index (κ3) is 3.37. The molecular weight excluding hydrogens is 248 g/mol. The van der Waals surface area contributed by atoms with Crippen molar-refractivity contribution in [1.29, 1.82) is 0 Å². The van der Waals surface area contributed by atoms with Gasteiger partial charge >= 0.3 is 0 Å². The van der Waals surface area contributed by atoms with Crippen LogP contribution in [-0.4, -0.2) is 13.2 Å². The fraction of sp³-hybridized carbons (Fsp3) is 0.571. The molecular formula is C14H23ClN2O. The zero-order valence-corrected chi connectivity index (χ0v) is 12.3. The Hall–Kier alpha value is -0.770. The zero-order chi connectivity index (χ0) is 13.9. The van der Waals surface area contributed by atoms with Crippen LogP contribution in [0.3, 0.4) is 0 Å². The minimum absolute atomic E-state index is 0.0114. The average molecular weight is 271 g/mol. The maximum Gasteiger partial charge on any atom is 0.142 e. The highest BCUT2D eigenvalue weighted by molar-refractivity contribution is 6.32. The van der Waals surface area contributed by atoms with Crippen molar-refractivity contribution in [1.82, 2.24) is 0 Å². The highest BCUT2D eigenvalue weighted by Gasteiger charge is 2.21. The second-order valence-corrected chi connectivity index (χ2v) is 5.81. The van der Waals surface area contributed by atoms with Gasteiger partial charge in [-0.15, -0.1) is 0 Å². The Morgan fingerprint density at radius 3 is 2.39 bits per heavy atom. The van der Waals surface area contributed by atoms with E-state index < -0.39 is 0 Å². The van der Waals surface area contributed by atoms with Gasteiger partial charge < -0.3 is 16.2 Å². The van der Waals surface area contributed by atoms with E-state index in [1.165, 1.54) is 0 Å². The van der Waals surface area contributed by atoms with E-state index in [4.69, 9.17) is 27.8 Å². The summed E-state index contributed by atoms with van der Waals surface area (Å²) in [7, 11) is 0. The van der Waals surface area contributed by atoms with Crippen molar-refractivity contribution in [2.24, 2.45) is 11.5 Å². The topological polar surface area (TPSA) is 61.3 Å². The van der Waals surface area contributed by atoms with Crippen LogP contribution < -0.4 is 16.2 Å². The number of halogens is 1. The second kappa shape index (κ2) is 5.91. The number of rotatable bonds is 4. The Morgan fingerprint density at radius 2 is 1.94 bits per heavy atom. The van der Waals surface area contributed by atoms with E-state index in [1.807, 2.05) is 13.0 Å². The highest BCUT2D eigenvalue weighted by atomic mass is 35.5. The monoisotopic (exact) mass is 270 g/mol. The van der Waals surface area contributed by atoms with Crippen LogP contribution in [0.25, 0.3) is 0 Å². The average Bonchev–Trinajstić information content (AvgIpc) is 2.29. The summed E-state index contributed by atoms with van der Waals surface area (Å²) in [6, 6.07) is 3.74. The Labute approximate surface area is 114 Å². The van der Waals surface area contributed by atoms with Crippen molar-refractivity contribution in [2.75, 3.05) is 13.2 Å². The molecule has 0 heterocycles. The maximum absolute atomic E-state index is 6.30. The number of hydrogen-bond acceptors (Lipinski definition) is 3. The molecule has 1 unspecified atom stereocenters. The predicted octanol–water partition coefficient (Wildman–Crippen LogP) is 2.99. The Balaban J connectivity index is 3.37. The lowest BCUT2D eigenvalue weighted by atomic mass is 9.85. The first kappa shape index (κ1) is 15.3. The molecule has 0 aromatic heterocycles. The van der Waals surface area contributed by atoms with Gasteiger partial charge in [-0.05, 0) is 30.0 Å². The van der Waals surface area contributed by atoms with E-state index in [9.17, 15) is 0 Å². The third-order valence-electron chi connectivity index (χ3n) is 2.88. The largest absolute Gasteiger partial charge is 0.492 e. The molecule has 3 nitrogen and oxygen atoms in total. The lowest BCUT2D eigenvalue weighted by Crippen LogP contribution is -2.23. The molecule has 1 aromatic rings. The molecule has 4 heteroatoms. The summed E-state index contributed by atoms with van der Waals surface area (Å²) in [4.78, 5) is 0. The smallest absolute Gasteiger partial charge is 0.142 e. The van der Waals surface area contributed by atoms with Crippen molar-refractivity contribution in [3.8, 4) is 5.75 Å². The molecule has 0 bridgehead atoms. The summed E-state index contributed by atoms with van der Waals surface area (Å²) in [5, 5.41) is 0.600. The number of benzene rings is 1. The van der Waals surface area contributed by atoms with Gasteiger partial charge in [0.15, 0.2) is 0 Å². The van der Waals surface area contributed by atoms with Crippen molar-refractivity contribution < 1.29 is 4.74 Å². The molecule has 0 radical (unpaired) electrons. The first-order chi connectivity index (χ1) is 8.31. The number of hydrogen-bond donors (Lipinski definition) is 2. The van der Waals surface area contributed by atoms with Crippen LogP contribution in [0, 0.1) is 0 Å². The molecule has 1 aromatic carbocycles. The molecule has 0 aliphatic rings. The van der Waals surface area contributed by atoms with Gasteiger partial charge in [0.25, 0.3) is 0 Å². The number of ether oxygens (including phenoxy) is 1. The summed E-state index contributed by atoms with van der Waals surface area (Å²) >= 11 is 6.30. The summed E-state index contributed by atoms with van der Waals surface area (Å²) in [6.07, 6.45) is 0. The first-order valence-electron chi connectivity index (χ1n) is 6.23. The Morgan fingerprint density at radius 1 is 1.33 bits per heavy atom. The minimum atomic E-state index is -0.258. The van der Waals surface area contributed by atoms with Gasteiger partial charge in [0.1, 0.15) is 5.75 Å². The summed E-state index contributed by atoms with van der Waals surface area (Å²) in [5.74, 6) is 0.658. The zero-order valence-electron chi connectivity index (χ0n) is 11.6. The maximum atomic E-state index is 6.30. The minimum Gasteiger partial charge on any atom is -0.492 e. The first-order valence-corrected chi connectivity index (χ1v) is 6.61. The second-order valence-electron chi connectivity index (χ2n) is 5.40. The van der Waals surface area contributed by atoms with Gasteiger partial charge in [-0.1, -0.05) is 32.4 Å². The van der Waals surface area contributed by atoms with Crippen LogP contribution in [0.15, 0.2) is 12.1 Å². The molecule has 0 aliphatic carbocycles. The van der Waals surface area contributed by atoms with E-state index in [1.54, 1.807) is 0 Å².